The number of aromatic nitrogens is 2. The molecule has 0 N–H and O–H groups in total. The van der Waals surface area contributed by atoms with E-state index in [1.54, 1.807) is 58.1 Å². The SMILES string of the molecule is COc1ccc(C(=O)N2CCN(C(=O)c3ccn(-c4ccccc4Cl)n3)CC2)c(OC)c1. The number of halogens is 1. The van der Waals surface area contributed by atoms with Crippen molar-refractivity contribution in [3.8, 4) is 17.2 Å². The van der Waals surface area contributed by atoms with Crippen LogP contribution in [0.4, 0.5) is 0 Å². The highest BCUT2D eigenvalue weighted by atomic mass is 35.5. The Morgan fingerprint density at radius 2 is 1.59 bits per heavy atom. The van der Waals surface area contributed by atoms with Gasteiger partial charge in [-0.3, -0.25) is 9.59 Å². The average Bonchev–Trinajstić information content (AvgIpc) is 3.33. The minimum Gasteiger partial charge on any atom is -0.497 e. The Labute approximate surface area is 190 Å². The topological polar surface area (TPSA) is 76.9 Å². The molecule has 2 heterocycles. The van der Waals surface area contributed by atoms with Crippen LogP contribution in [0, 0.1) is 0 Å². The number of ether oxygens (including phenoxy) is 2. The molecule has 32 heavy (non-hydrogen) atoms. The number of methoxy groups -OCH3 is 2. The number of carbonyl (C=O) groups excluding carboxylic acids is 2. The van der Waals surface area contributed by atoms with E-state index in [0.717, 1.165) is 0 Å². The number of carbonyl (C=O) groups is 2. The van der Waals surface area contributed by atoms with E-state index in [4.69, 9.17) is 21.1 Å². The van der Waals surface area contributed by atoms with Gasteiger partial charge in [-0.1, -0.05) is 23.7 Å². The van der Waals surface area contributed by atoms with Crippen LogP contribution in [0.25, 0.3) is 5.69 Å². The Morgan fingerprint density at radius 3 is 2.25 bits per heavy atom. The molecule has 1 saturated heterocycles. The monoisotopic (exact) mass is 454 g/mol. The molecule has 0 bridgehead atoms. The van der Waals surface area contributed by atoms with Gasteiger partial charge in [0.2, 0.25) is 0 Å². The quantitative estimate of drug-likeness (QED) is 0.592. The van der Waals surface area contributed by atoms with Gasteiger partial charge in [-0.15, -0.1) is 0 Å². The van der Waals surface area contributed by atoms with Crippen molar-refractivity contribution in [1.29, 1.82) is 0 Å². The average molecular weight is 455 g/mol. The highest BCUT2D eigenvalue weighted by Crippen LogP contribution is 2.26. The summed E-state index contributed by atoms with van der Waals surface area (Å²) in [6.07, 6.45) is 1.71. The summed E-state index contributed by atoms with van der Waals surface area (Å²) in [6, 6.07) is 14.1. The number of hydrogen-bond donors (Lipinski definition) is 0. The van der Waals surface area contributed by atoms with Crippen molar-refractivity contribution in [2.24, 2.45) is 0 Å². The number of hydrogen-bond acceptors (Lipinski definition) is 5. The molecule has 8 nitrogen and oxygen atoms in total. The van der Waals surface area contributed by atoms with Crippen molar-refractivity contribution in [1.82, 2.24) is 19.6 Å². The van der Waals surface area contributed by atoms with Crippen LogP contribution in [0.15, 0.2) is 54.7 Å². The molecule has 1 aromatic heterocycles. The molecule has 0 unspecified atom stereocenters. The molecule has 4 rings (SSSR count). The lowest BCUT2D eigenvalue weighted by molar-refractivity contribution is 0.0530. The van der Waals surface area contributed by atoms with Crippen LogP contribution in [-0.2, 0) is 0 Å². The molecule has 166 valence electrons. The van der Waals surface area contributed by atoms with E-state index in [2.05, 4.69) is 5.10 Å². The van der Waals surface area contributed by atoms with Gasteiger partial charge in [-0.2, -0.15) is 5.10 Å². The van der Waals surface area contributed by atoms with Gasteiger partial charge in [0.05, 0.1) is 30.5 Å². The van der Waals surface area contributed by atoms with Gasteiger partial charge < -0.3 is 19.3 Å². The fourth-order valence-electron chi connectivity index (χ4n) is 3.63. The summed E-state index contributed by atoms with van der Waals surface area (Å²) >= 11 is 6.22. The fraction of sp³-hybridized carbons (Fsp3) is 0.261. The van der Waals surface area contributed by atoms with Gasteiger partial charge >= 0.3 is 0 Å². The molecule has 1 aliphatic rings. The zero-order valence-electron chi connectivity index (χ0n) is 17.8. The van der Waals surface area contributed by atoms with Gasteiger partial charge in [0, 0.05) is 38.4 Å². The largest absolute Gasteiger partial charge is 0.497 e. The molecule has 0 atom stereocenters. The molecule has 2 amide bonds. The summed E-state index contributed by atoms with van der Waals surface area (Å²) in [6.45, 7) is 1.68. The van der Waals surface area contributed by atoms with Crippen LogP contribution >= 0.6 is 11.6 Å². The second kappa shape index (κ2) is 9.32. The van der Waals surface area contributed by atoms with Crippen molar-refractivity contribution in [3.63, 3.8) is 0 Å². The summed E-state index contributed by atoms with van der Waals surface area (Å²) in [5, 5.41) is 4.94. The van der Waals surface area contributed by atoms with Crippen LogP contribution in [0.2, 0.25) is 5.02 Å². The first kappa shape index (κ1) is 21.7. The van der Waals surface area contributed by atoms with E-state index in [1.165, 1.54) is 7.11 Å². The molecule has 9 heteroatoms. The number of benzene rings is 2. The summed E-state index contributed by atoms with van der Waals surface area (Å²) in [5.74, 6) is 0.757. The molecule has 0 saturated carbocycles. The smallest absolute Gasteiger partial charge is 0.274 e. The molecule has 0 spiro atoms. The van der Waals surface area contributed by atoms with Crippen LogP contribution in [0.3, 0.4) is 0 Å². The third kappa shape index (κ3) is 4.27. The second-order valence-electron chi connectivity index (χ2n) is 7.25. The number of amides is 2. The van der Waals surface area contributed by atoms with Crippen molar-refractivity contribution >= 4 is 23.4 Å². The zero-order valence-corrected chi connectivity index (χ0v) is 18.6. The van der Waals surface area contributed by atoms with Crippen molar-refractivity contribution in [2.45, 2.75) is 0 Å². The normalized spacial score (nSPS) is 13.7. The lowest BCUT2D eigenvalue weighted by Crippen LogP contribution is -2.50. The molecular formula is C23H23ClN4O4. The summed E-state index contributed by atoms with van der Waals surface area (Å²) in [5.41, 5.74) is 1.50. The maximum Gasteiger partial charge on any atom is 0.274 e. The Hall–Kier alpha value is -3.52. The fourth-order valence-corrected chi connectivity index (χ4v) is 3.85. The first-order valence-electron chi connectivity index (χ1n) is 10.1. The first-order chi connectivity index (χ1) is 15.5. The van der Waals surface area contributed by atoms with E-state index >= 15 is 0 Å². The minimum atomic E-state index is -0.176. The molecule has 0 aliphatic carbocycles. The first-order valence-corrected chi connectivity index (χ1v) is 10.5. The summed E-state index contributed by atoms with van der Waals surface area (Å²) < 4.78 is 12.1. The highest BCUT2D eigenvalue weighted by molar-refractivity contribution is 6.32. The highest BCUT2D eigenvalue weighted by Gasteiger charge is 2.28. The van der Waals surface area contributed by atoms with Crippen LogP contribution < -0.4 is 9.47 Å². The third-order valence-electron chi connectivity index (χ3n) is 5.40. The van der Waals surface area contributed by atoms with Gasteiger partial charge in [0.1, 0.15) is 11.5 Å². The predicted molar refractivity (Wildman–Crippen MR) is 120 cm³/mol. The number of piperazine rings is 1. The van der Waals surface area contributed by atoms with E-state index < -0.39 is 0 Å². The maximum atomic E-state index is 13.0. The number of rotatable bonds is 5. The van der Waals surface area contributed by atoms with E-state index in [0.29, 0.717) is 59.6 Å². The number of nitrogens with zero attached hydrogens (tertiary/aromatic N) is 4. The van der Waals surface area contributed by atoms with Crippen molar-refractivity contribution in [2.75, 3.05) is 40.4 Å². The number of para-hydroxylation sites is 1. The predicted octanol–water partition coefficient (Wildman–Crippen LogP) is 3.14. The summed E-state index contributed by atoms with van der Waals surface area (Å²) in [7, 11) is 3.08. The molecule has 1 fully saturated rings. The van der Waals surface area contributed by atoms with Gasteiger partial charge in [-0.25, -0.2) is 4.68 Å². The molecule has 1 aliphatic heterocycles. The lowest BCUT2D eigenvalue weighted by atomic mass is 10.1. The maximum absolute atomic E-state index is 13.0. The van der Waals surface area contributed by atoms with E-state index in [1.807, 2.05) is 18.2 Å². The van der Waals surface area contributed by atoms with Crippen LogP contribution in [-0.4, -0.2) is 71.8 Å². The van der Waals surface area contributed by atoms with Gasteiger partial charge in [0.25, 0.3) is 11.8 Å². The Kier molecular flexibility index (Phi) is 6.32. The lowest BCUT2D eigenvalue weighted by Gasteiger charge is -2.34. The van der Waals surface area contributed by atoms with E-state index in [-0.39, 0.29) is 11.8 Å². The molecule has 0 radical (unpaired) electrons. The Morgan fingerprint density at radius 1 is 0.906 bits per heavy atom. The van der Waals surface area contributed by atoms with Crippen LogP contribution in [0.1, 0.15) is 20.8 Å². The van der Waals surface area contributed by atoms with Gasteiger partial charge in [-0.05, 0) is 30.3 Å². The minimum absolute atomic E-state index is 0.139. The van der Waals surface area contributed by atoms with E-state index in [9.17, 15) is 9.59 Å². The third-order valence-corrected chi connectivity index (χ3v) is 5.72. The molecule has 2 aromatic carbocycles. The zero-order chi connectivity index (χ0) is 22.7. The second-order valence-corrected chi connectivity index (χ2v) is 7.65. The standard InChI is InChI=1S/C23H23ClN4O4/c1-31-16-7-8-17(21(15-16)32-2)22(29)26-11-13-27(14-12-26)23(30)19-9-10-28(25-19)20-6-4-3-5-18(20)24/h3-10,15H,11-14H2,1-2H3. The molecular weight excluding hydrogens is 432 g/mol. The summed E-state index contributed by atoms with van der Waals surface area (Å²) in [4.78, 5) is 29.3. The van der Waals surface area contributed by atoms with Crippen molar-refractivity contribution in [3.05, 3.63) is 71.0 Å². The van der Waals surface area contributed by atoms with Gasteiger partial charge in [0.15, 0.2) is 5.69 Å². The Bertz CT molecular complexity index is 1140. The van der Waals surface area contributed by atoms with Crippen molar-refractivity contribution < 1.29 is 19.1 Å². The van der Waals surface area contributed by atoms with Crippen LogP contribution in [0.5, 0.6) is 11.5 Å². The molecule has 3 aromatic rings. The Balaban J connectivity index is 1.41.